The average molecular weight is 397 g/mol. The zero-order valence-electron chi connectivity index (χ0n) is 16.1. The van der Waals surface area contributed by atoms with Crippen molar-refractivity contribution in [1.82, 2.24) is 20.4 Å². The van der Waals surface area contributed by atoms with E-state index in [2.05, 4.69) is 40.0 Å². The molecule has 0 spiro atoms. The number of fused-ring (bicyclic) bond motifs is 1. The average Bonchev–Trinajstić information content (AvgIpc) is 3.04. The molecule has 1 aliphatic rings. The van der Waals surface area contributed by atoms with Crippen LogP contribution in [0.25, 0.3) is 5.69 Å². The molecule has 2 heterocycles. The molecule has 5 nitrogen and oxygen atoms in total. The van der Waals surface area contributed by atoms with Gasteiger partial charge in [-0.15, -0.1) is 12.4 Å². The summed E-state index contributed by atoms with van der Waals surface area (Å²) < 4.78 is 1.89. The lowest BCUT2D eigenvalue weighted by Crippen LogP contribution is -2.38. The van der Waals surface area contributed by atoms with Gasteiger partial charge in [-0.1, -0.05) is 24.3 Å². The van der Waals surface area contributed by atoms with Gasteiger partial charge in [0, 0.05) is 23.8 Å². The first-order valence-corrected chi connectivity index (χ1v) is 9.35. The normalized spacial score (nSPS) is 15.4. The summed E-state index contributed by atoms with van der Waals surface area (Å²) in [5.74, 6) is -0.0558. The van der Waals surface area contributed by atoms with E-state index >= 15 is 0 Å². The van der Waals surface area contributed by atoms with E-state index in [1.807, 2.05) is 48.9 Å². The molecule has 0 aliphatic carbocycles. The van der Waals surface area contributed by atoms with Crippen LogP contribution in [0.1, 0.15) is 38.9 Å². The molecular formula is C22H25ClN4O. The molecule has 0 bridgehead atoms. The molecule has 0 radical (unpaired) electrons. The van der Waals surface area contributed by atoms with Crippen LogP contribution in [0.5, 0.6) is 0 Å². The summed E-state index contributed by atoms with van der Waals surface area (Å²) in [6, 6.07) is 18.2. The first kappa shape index (κ1) is 20.1. The number of benzene rings is 2. The van der Waals surface area contributed by atoms with E-state index in [0.29, 0.717) is 12.1 Å². The molecule has 0 saturated heterocycles. The Morgan fingerprint density at radius 2 is 1.93 bits per heavy atom. The Labute approximate surface area is 171 Å². The molecule has 0 fully saturated rings. The molecule has 0 saturated carbocycles. The fraction of sp³-hybridized carbons (Fsp3) is 0.273. The standard InChI is InChI=1S/C22H24N4O.ClH/c1-15-13-16(2)26(25-15)19-9-7-18(8-10-19)22(27)24-14-21-20-6-4-3-5-17(20)11-12-23-21;/h3-10,13,21,23H,11-12,14H2,1-2H3,(H,24,27);1H. The second-order valence-electron chi connectivity index (χ2n) is 7.05. The van der Waals surface area contributed by atoms with E-state index in [1.54, 1.807) is 0 Å². The van der Waals surface area contributed by atoms with Crippen molar-refractivity contribution in [3.63, 3.8) is 0 Å². The Balaban J connectivity index is 0.00000225. The summed E-state index contributed by atoms with van der Waals surface area (Å²) in [4.78, 5) is 12.6. The Kier molecular flexibility index (Phi) is 6.17. The van der Waals surface area contributed by atoms with Crippen LogP contribution in [0.4, 0.5) is 0 Å². The van der Waals surface area contributed by atoms with Crippen molar-refractivity contribution in [3.8, 4) is 5.69 Å². The van der Waals surface area contributed by atoms with Gasteiger partial charge >= 0.3 is 0 Å². The Bertz CT molecular complexity index is 965. The molecule has 28 heavy (non-hydrogen) atoms. The Hall–Kier alpha value is -2.63. The minimum absolute atomic E-state index is 0. The van der Waals surface area contributed by atoms with Gasteiger partial charge in [-0.3, -0.25) is 4.79 Å². The molecule has 1 unspecified atom stereocenters. The summed E-state index contributed by atoms with van der Waals surface area (Å²) in [5, 5.41) is 11.0. The summed E-state index contributed by atoms with van der Waals surface area (Å²) >= 11 is 0. The van der Waals surface area contributed by atoms with E-state index < -0.39 is 0 Å². The number of amides is 1. The minimum Gasteiger partial charge on any atom is -0.350 e. The highest BCUT2D eigenvalue weighted by Gasteiger charge is 2.19. The maximum Gasteiger partial charge on any atom is 0.251 e. The molecule has 6 heteroatoms. The highest BCUT2D eigenvalue weighted by molar-refractivity contribution is 5.94. The van der Waals surface area contributed by atoms with Crippen LogP contribution in [-0.4, -0.2) is 28.8 Å². The molecule has 1 aliphatic heterocycles. The molecule has 146 valence electrons. The Morgan fingerprint density at radius 3 is 2.64 bits per heavy atom. The fourth-order valence-electron chi connectivity index (χ4n) is 3.72. The molecule has 4 rings (SSSR count). The maximum atomic E-state index is 12.6. The van der Waals surface area contributed by atoms with Crippen LogP contribution in [0.3, 0.4) is 0 Å². The van der Waals surface area contributed by atoms with Crippen LogP contribution in [-0.2, 0) is 6.42 Å². The topological polar surface area (TPSA) is 59.0 Å². The smallest absolute Gasteiger partial charge is 0.251 e. The lowest BCUT2D eigenvalue weighted by Gasteiger charge is -2.27. The summed E-state index contributed by atoms with van der Waals surface area (Å²) in [6.07, 6.45) is 1.04. The van der Waals surface area contributed by atoms with Gasteiger partial charge in [-0.05, 0) is 68.3 Å². The first-order valence-electron chi connectivity index (χ1n) is 9.35. The minimum atomic E-state index is -0.0558. The molecule has 3 aromatic rings. The van der Waals surface area contributed by atoms with Gasteiger partial charge in [-0.2, -0.15) is 5.10 Å². The number of rotatable bonds is 4. The van der Waals surface area contributed by atoms with E-state index in [9.17, 15) is 4.79 Å². The predicted molar refractivity (Wildman–Crippen MR) is 114 cm³/mol. The third kappa shape index (κ3) is 4.11. The quantitative estimate of drug-likeness (QED) is 0.709. The number of carbonyl (C=O) groups is 1. The summed E-state index contributed by atoms with van der Waals surface area (Å²) in [6.45, 7) is 5.52. The number of aryl methyl sites for hydroxylation is 2. The zero-order chi connectivity index (χ0) is 18.8. The number of aromatic nitrogens is 2. The highest BCUT2D eigenvalue weighted by atomic mass is 35.5. The summed E-state index contributed by atoms with van der Waals surface area (Å²) in [7, 11) is 0. The van der Waals surface area contributed by atoms with Gasteiger partial charge in [0.2, 0.25) is 0 Å². The third-order valence-corrected chi connectivity index (χ3v) is 5.07. The monoisotopic (exact) mass is 396 g/mol. The largest absolute Gasteiger partial charge is 0.350 e. The number of nitrogens with zero attached hydrogens (tertiary/aromatic N) is 2. The van der Waals surface area contributed by atoms with Crippen LogP contribution in [0.2, 0.25) is 0 Å². The molecular weight excluding hydrogens is 372 g/mol. The van der Waals surface area contributed by atoms with Gasteiger partial charge in [-0.25, -0.2) is 4.68 Å². The third-order valence-electron chi connectivity index (χ3n) is 5.07. The van der Waals surface area contributed by atoms with Crippen LogP contribution >= 0.6 is 12.4 Å². The number of carbonyl (C=O) groups excluding carboxylic acids is 1. The van der Waals surface area contributed by atoms with Gasteiger partial charge in [0.05, 0.1) is 11.4 Å². The number of nitrogens with one attached hydrogen (secondary N) is 2. The SMILES string of the molecule is Cc1cc(C)n(-c2ccc(C(=O)NCC3NCCc4ccccc43)cc2)n1.Cl. The highest BCUT2D eigenvalue weighted by Crippen LogP contribution is 2.22. The molecule has 1 aromatic heterocycles. The van der Waals surface area contributed by atoms with Crippen molar-refractivity contribution in [1.29, 1.82) is 0 Å². The number of hydrogen-bond donors (Lipinski definition) is 2. The summed E-state index contributed by atoms with van der Waals surface area (Å²) in [5.41, 5.74) is 6.32. The van der Waals surface area contributed by atoms with Gasteiger partial charge in [0.15, 0.2) is 0 Å². The van der Waals surface area contributed by atoms with Crippen molar-refractivity contribution < 1.29 is 4.79 Å². The van der Waals surface area contributed by atoms with Gasteiger partial charge in [0.1, 0.15) is 0 Å². The zero-order valence-corrected chi connectivity index (χ0v) is 16.9. The van der Waals surface area contributed by atoms with Crippen molar-refractivity contribution in [2.24, 2.45) is 0 Å². The molecule has 1 atom stereocenters. The van der Waals surface area contributed by atoms with Gasteiger partial charge < -0.3 is 10.6 Å². The van der Waals surface area contributed by atoms with Crippen molar-refractivity contribution in [2.45, 2.75) is 26.3 Å². The van der Waals surface area contributed by atoms with E-state index in [1.165, 1.54) is 11.1 Å². The van der Waals surface area contributed by atoms with Crippen LogP contribution in [0.15, 0.2) is 54.6 Å². The van der Waals surface area contributed by atoms with Crippen molar-refractivity contribution in [3.05, 3.63) is 82.7 Å². The van der Waals surface area contributed by atoms with E-state index in [0.717, 1.165) is 30.0 Å². The second kappa shape index (κ2) is 8.59. The van der Waals surface area contributed by atoms with Crippen molar-refractivity contribution in [2.75, 3.05) is 13.1 Å². The van der Waals surface area contributed by atoms with Crippen LogP contribution < -0.4 is 10.6 Å². The molecule has 2 aromatic carbocycles. The molecule has 1 amide bonds. The number of hydrogen-bond acceptors (Lipinski definition) is 3. The Morgan fingerprint density at radius 1 is 1.18 bits per heavy atom. The lowest BCUT2D eigenvalue weighted by atomic mass is 9.94. The number of halogens is 1. The van der Waals surface area contributed by atoms with Crippen molar-refractivity contribution >= 4 is 18.3 Å². The van der Waals surface area contributed by atoms with Crippen LogP contribution in [0, 0.1) is 13.8 Å². The van der Waals surface area contributed by atoms with E-state index in [-0.39, 0.29) is 24.4 Å². The maximum absolute atomic E-state index is 12.6. The molecule has 2 N–H and O–H groups in total. The fourth-order valence-corrected chi connectivity index (χ4v) is 3.72. The van der Waals surface area contributed by atoms with E-state index in [4.69, 9.17) is 0 Å². The first-order chi connectivity index (χ1) is 13.1. The van der Waals surface area contributed by atoms with Gasteiger partial charge in [0.25, 0.3) is 5.91 Å². The predicted octanol–water partition coefficient (Wildman–Crippen LogP) is 3.53. The lowest BCUT2D eigenvalue weighted by molar-refractivity contribution is 0.0949. The second-order valence-corrected chi connectivity index (χ2v) is 7.05.